The highest BCUT2D eigenvalue weighted by Gasteiger charge is 2.29. The molecule has 0 atom stereocenters. The zero-order valence-corrected chi connectivity index (χ0v) is 14.8. The summed E-state index contributed by atoms with van der Waals surface area (Å²) >= 11 is 0. The van der Waals surface area contributed by atoms with Crippen molar-refractivity contribution in [1.82, 2.24) is 0 Å². The first kappa shape index (κ1) is 17.3. The van der Waals surface area contributed by atoms with Crippen LogP contribution in [0.2, 0.25) is 0 Å². The van der Waals surface area contributed by atoms with Gasteiger partial charge in [-0.3, -0.25) is 9.10 Å². The van der Waals surface area contributed by atoms with E-state index >= 15 is 0 Å². The highest BCUT2D eigenvalue weighted by Crippen LogP contribution is 2.29. The smallest absolute Gasteiger partial charge is 0.262 e. The van der Waals surface area contributed by atoms with Gasteiger partial charge in [-0.2, -0.15) is 0 Å². The minimum absolute atomic E-state index is 0.0919. The van der Waals surface area contributed by atoms with Crippen molar-refractivity contribution in [3.05, 3.63) is 54.1 Å². The van der Waals surface area contributed by atoms with Crippen LogP contribution in [0, 0.1) is 6.92 Å². The summed E-state index contributed by atoms with van der Waals surface area (Å²) in [6.45, 7) is 2.24. The van der Waals surface area contributed by atoms with Gasteiger partial charge in [-0.05, 0) is 49.2 Å². The van der Waals surface area contributed by atoms with E-state index in [9.17, 15) is 13.2 Å². The standard InChI is InChI=1S/C18H20N2O4S/c1-14-12-15(8-9-17(14)20-10-5-11-25(20,22)23)19-18(21)13-24-16-6-3-2-4-7-16/h2-4,6-9,12H,5,10-11,13H2,1H3,(H,19,21). The van der Waals surface area contributed by atoms with Crippen molar-refractivity contribution in [2.24, 2.45) is 0 Å². The molecule has 0 unspecified atom stereocenters. The van der Waals surface area contributed by atoms with E-state index in [2.05, 4.69) is 5.32 Å². The van der Waals surface area contributed by atoms with Gasteiger partial charge in [-0.15, -0.1) is 0 Å². The van der Waals surface area contributed by atoms with Crippen LogP contribution in [0.1, 0.15) is 12.0 Å². The van der Waals surface area contributed by atoms with Gasteiger partial charge in [-0.1, -0.05) is 18.2 Å². The van der Waals surface area contributed by atoms with E-state index in [4.69, 9.17) is 4.74 Å². The number of ether oxygens (including phenoxy) is 1. The highest BCUT2D eigenvalue weighted by molar-refractivity contribution is 7.93. The third-order valence-electron chi connectivity index (χ3n) is 3.96. The molecule has 6 nitrogen and oxygen atoms in total. The Morgan fingerprint density at radius 3 is 2.60 bits per heavy atom. The van der Waals surface area contributed by atoms with Crippen LogP contribution in [0.15, 0.2) is 48.5 Å². The van der Waals surface area contributed by atoms with Gasteiger partial charge >= 0.3 is 0 Å². The number of nitrogens with one attached hydrogen (secondary N) is 1. The van der Waals surface area contributed by atoms with Crippen LogP contribution < -0.4 is 14.4 Å². The van der Waals surface area contributed by atoms with Crippen molar-refractivity contribution in [3.8, 4) is 5.75 Å². The van der Waals surface area contributed by atoms with Crippen molar-refractivity contribution in [2.45, 2.75) is 13.3 Å². The summed E-state index contributed by atoms with van der Waals surface area (Å²) in [6, 6.07) is 14.3. The van der Waals surface area contributed by atoms with E-state index in [-0.39, 0.29) is 18.3 Å². The zero-order chi connectivity index (χ0) is 17.9. The minimum atomic E-state index is -3.21. The number of aryl methyl sites for hydroxylation is 1. The quantitative estimate of drug-likeness (QED) is 0.889. The third-order valence-corrected chi connectivity index (χ3v) is 5.82. The minimum Gasteiger partial charge on any atom is -0.484 e. The second-order valence-electron chi connectivity index (χ2n) is 5.89. The first-order valence-electron chi connectivity index (χ1n) is 8.04. The average Bonchev–Trinajstić information content (AvgIpc) is 2.93. The number of nitrogens with zero attached hydrogens (tertiary/aromatic N) is 1. The number of amides is 1. The molecule has 0 radical (unpaired) electrons. The molecule has 2 aromatic rings. The maximum absolute atomic E-state index is 12.0. The Hall–Kier alpha value is -2.54. The van der Waals surface area contributed by atoms with Crippen LogP contribution in [0.5, 0.6) is 5.75 Å². The van der Waals surface area contributed by atoms with E-state index in [1.807, 2.05) is 25.1 Å². The van der Waals surface area contributed by atoms with E-state index in [0.717, 1.165) is 5.56 Å². The number of para-hydroxylation sites is 1. The topological polar surface area (TPSA) is 75.7 Å². The molecule has 1 saturated heterocycles. The van der Waals surface area contributed by atoms with Gasteiger partial charge in [0.1, 0.15) is 5.75 Å². The Morgan fingerprint density at radius 2 is 1.96 bits per heavy atom. The lowest BCUT2D eigenvalue weighted by Crippen LogP contribution is -2.26. The van der Waals surface area contributed by atoms with Crippen LogP contribution in [0.25, 0.3) is 0 Å². The monoisotopic (exact) mass is 360 g/mol. The molecule has 1 amide bonds. The fraction of sp³-hybridized carbons (Fsp3) is 0.278. The van der Waals surface area contributed by atoms with Gasteiger partial charge in [-0.25, -0.2) is 8.42 Å². The Labute approximate surface area is 147 Å². The molecule has 1 aliphatic rings. The van der Waals surface area contributed by atoms with Crippen molar-refractivity contribution in [2.75, 3.05) is 28.5 Å². The fourth-order valence-corrected chi connectivity index (χ4v) is 4.41. The van der Waals surface area contributed by atoms with Gasteiger partial charge in [0.15, 0.2) is 6.61 Å². The van der Waals surface area contributed by atoms with Crippen LogP contribution in [-0.2, 0) is 14.8 Å². The van der Waals surface area contributed by atoms with Crippen LogP contribution in [-0.4, -0.2) is 33.2 Å². The number of anilines is 2. The maximum atomic E-state index is 12.0. The molecule has 132 valence electrons. The molecule has 2 aromatic carbocycles. The van der Waals surface area contributed by atoms with E-state index < -0.39 is 10.0 Å². The molecule has 0 saturated carbocycles. The molecule has 25 heavy (non-hydrogen) atoms. The molecule has 7 heteroatoms. The molecule has 3 rings (SSSR count). The molecule has 0 aromatic heterocycles. The molecule has 0 bridgehead atoms. The van der Waals surface area contributed by atoms with Gasteiger partial charge in [0, 0.05) is 12.2 Å². The van der Waals surface area contributed by atoms with Crippen molar-refractivity contribution in [3.63, 3.8) is 0 Å². The summed E-state index contributed by atoms with van der Waals surface area (Å²) in [6.07, 6.45) is 0.636. The number of rotatable bonds is 5. The Balaban J connectivity index is 1.64. The van der Waals surface area contributed by atoms with Crippen LogP contribution in [0.4, 0.5) is 11.4 Å². The highest BCUT2D eigenvalue weighted by atomic mass is 32.2. The van der Waals surface area contributed by atoms with E-state index in [1.54, 1.807) is 30.3 Å². The predicted molar refractivity (Wildman–Crippen MR) is 97.5 cm³/mol. The summed E-state index contributed by atoms with van der Waals surface area (Å²) in [4.78, 5) is 12.0. The average molecular weight is 360 g/mol. The molecule has 1 heterocycles. The van der Waals surface area contributed by atoms with Gasteiger partial charge in [0.05, 0.1) is 11.4 Å². The fourth-order valence-electron chi connectivity index (χ4n) is 2.79. The number of carbonyl (C=O) groups excluding carboxylic acids is 1. The number of hydrogen-bond acceptors (Lipinski definition) is 4. The second kappa shape index (κ2) is 7.14. The number of sulfonamides is 1. The summed E-state index contributed by atoms with van der Waals surface area (Å²) < 4.78 is 30.9. The van der Waals surface area contributed by atoms with Crippen molar-refractivity contribution in [1.29, 1.82) is 0 Å². The van der Waals surface area contributed by atoms with E-state index in [0.29, 0.717) is 30.1 Å². The molecule has 0 spiro atoms. The first-order valence-corrected chi connectivity index (χ1v) is 9.65. The van der Waals surface area contributed by atoms with Gasteiger partial charge in [0.25, 0.3) is 5.91 Å². The predicted octanol–water partition coefficient (Wildman–Crippen LogP) is 2.55. The number of carbonyl (C=O) groups is 1. The molecule has 1 fully saturated rings. The van der Waals surface area contributed by atoms with Crippen molar-refractivity contribution >= 4 is 27.3 Å². The SMILES string of the molecule is Cc1cc(NC(=O)COc2ccccc2)ccc1N1CCCS1(=O)=O. The summed E-state index contributed by atoms with van der Waals surface area (Å²) in [5, 5.41) is 2.76. The lowest BCUT2D eigenvalue weighted by atomic mass is 10.1. The third kappa shape index (κ3) is 4.11. The Kier molecular flexibility index (Phi) is 4.94. The molecule has 1 N–H and O–H groups in total. The second-order valence-corrected chi connectivity index (χ2v) is 7.91. The maximum Gasteiger partial charge on any atom is 0.262 e. The lowest BCUT2D eigenvalue weighted by molar-refractivity contribution is -0.118. The summed E-state index contributed by atoms with van der Waals surface area (Å²) in [7, 11) is -3.21. The van der Waals surface area contributed by atoms with Gasteiger partial charge in [0.2, 0.25) is 10.0 Å². The normalized spacial score (nSPS) is 15.8. The lowest BCUT2D eigenvalue weighted by Gasteiger charge is -2.20. The first-order chi connectivity index (χ1) is 12.0. The molecular weight excluding hydrogens is 340 g/mol. The number of benzene rings is 2. The molecular formula is C18H20N2O4S. The van der Waals surface area contributed by atoms with Crippen LogP contribution in [0.3, 0.4) is 0 Å². The Morgan fingerprint density at radius 1 is 1.20 bits per heavy atom. The summed E-state index contributed by atoms with van der Waals surface area (Å²) in [5.41, 5.74) is 2.07. The largest absolute Gasteiger partial charge is 0.484 e. The molecule has 0 aliphatic carbocycles. The van der Waals surface area contributed by atoms with Gasteiger partial charge < -0.3 is 10.1 Å². The number of hydrogen-bond donors (Lipinski definition) is 1. The van der Waals surface area contributed by atoms with Crippen LogP contribution >= 0.6 is 0 Å². The zero-order valence-electron chi connectivity index (χ0n) is 13.9. The summed E-state index contributed by atoms with van der Waals surface area (Å²) in [5.74, 6) is 0.537. The van der Waals surface area contributed by atoms with Crippen molar-refractivity contribution < 1.29 is 17.9 Å². The molecule has 1 aliphatic heterocycles. The Bertz CT molecular complexity index is 866. The van der Waals surface area contributed by atoms with E-state index in [1.165, 1.54) is 4.31 Å².